The van der Waals surface area contributed by atoms with E-state index in [0.717, 1.165) is 33.9 Å². The highest BCUT2D eigenvalue weighted by atomic mass is 32.1. The van der Waals surface area contributed by atoms with E-state index in [1.54, 1.807) is 23.6 Å². The van der Waals surface area contributed by atoms with Crippen LogP contribution in [-0.2, 0) is 0 Å². The predicted octanol–water partition coefficient (Wildman–Crippen LogP) is 3.13. The number of amides is 1. The number of rotatable bonds is 2. The van der Waals surface area contributed by atoms with Gasteiger partial charge in [-0.05, 0) is 29.7 Å². The Hall–Kier alpha value is -2.91. The molecule has 4 rings (SSSR count). The number of hydrogen-bond donors (Lipinski definition) is 0. The van der Waals surface area contributed by atoms with Gasteiger partial charge in [0.1, 0.15) is 11.9 Å². The van der Waals surface area contributed by atoms with Crippen molar-refractivity contribution in [3.8, 4) is 6.07 Å². The van der Waals surface area contributed by atoms with E-state index < -0.39 is 0 Å². The summed E-state index contributed by atoms with van der Waals surface area (Å²) in [5.74, 6) is 0.960. The molecule has 2 aromatic heterocycles. The molecule has 1 saturated heterocycles. The molecular formula is C19H16N4OS. The number of anilines is 1. The summed E-state index contributed by atoms with van der Waals surface area (Å²) in [5.41, 5.74) is 0.558. The molecule has 1 aliphatic rings. The van der Waals surface area contributed by atoms with Gasteiger partial charge in [0.15, 0.2) is 0 Å². The first-order valence-electron chi connectivity index (χ1n) is 8.13. The maximum absolute atomic E-state index is 12.8. The van der Waals surface area contributed by atoms with E-state index in [9.17, 15) is 4.79 Å². The highest BCUT2D eigenvalue weighted by Crippen LogP contribution is 2.26. The molecule has 0 radical (unpaired) electrons. The Kier molecular flexibility index (Phi) is 4.08. The molecule has 3 aromatic rings. The van der Waals surface area contributed by atoms with Crippen molar-refractivity contribution in [2.45, 2.75) is 0 Å². The maximum atomic E-state index is 12.8. The summed E-state index contributed by atoms with van der Waals surface area (Å²) in [6, 6.07) is 15.8. The molecule has 0 atom stereocenters. The van der Waals surface area contributed by atoms with E-state index in [4.69, 9.17) is 5.26 Å². The minimum absolute atomic E-state index is 0.105. The van der Waals surface area contributed by atoms with Crippen molar-refractivity contribution in [2.24, 2.45) is 0 Å². The molecule has 0 bridgehead atoms. The molecule has 1 aromatic carbocycles. The van der Waals surface area contributed by atoms with Crippen LogP contribution in [0.15, 0.2) is 48.7 Å². The summed E-state index contributed by atoms with van der Waals surface area (Å²) in [5, 5.41) is 9.97. The zero-order valence-electron chi connectivity index (χ0n) is 13.6. The number of hydrogen-bond acceptors (Lipinski definition) is 5. The van der Waals surface area contributed by atoms with Crippen molar-refractivity contribution in [1.82, 2.24) is 9.88 Å². The first-order chi connectivity index (χ1) is 12.2. The fraction of sp³-hybridized carbons (Fsp3) is 0.211. The molecule has 6 heteroatoms. The number of pyridine rings is 1. The van der Waals surface area contributed by atoms with Crippen LogP contribution in [0.3, 0.4) is 0 Å². The molecule has 25 heavy (non-hydrogen) atoms. The van der Waals surface area contributed by atoms with Gasteiger partial charge in [-0.25, -0.2) is 4.98 Å². The Labute approximate surface area is 149 Å². The minimum atomic E-state index is 0.105. The van der Waals surface area contributed by atoms with Gasteiger partial charge in [-0.15, -0.1) is 11.3 Å². The maximum Gasteiger partial charge on any atom is 0.264 e. The number of fused-ring (bicyclic) bond motifs is 1. The Balaban J connectivity index is 1.44. The summed E-state index contributed by atoms with van der Waals surface area (Å²) in [6.45, 7) is 2.84. The molecular weight excluding hydrogens is 332 g/mol. The van der Waals surface area contributed by atoms with Gasteiger partial charge in [-0.3, -0.25) is 4.79 Å². The van der Waals surface area contributed by atoms with Crippen molar-refractivity contribution in [3.63, 3.8) is 0 Å². The molecule has 124 valence electrons. The average molecular weight is 348 g/mol. The van der Waals surface area contributed by atoms with Crippen LogP contribution in [0, 0.1) is 11.3 Å². The standard InChI is InChI=1S/C19H16N4OS/c20-12-14-5-6-18(21-13-14)22-7-9-23(10-8-22)19(24)17-11-15-3-1-2-4-16(15)25-17/h1-6,11,13H,7-10H2. The number of nitriles is 1. The van der Waals surface area contributed by atoms with E-state index in [1.807, 2.05) is 41.3 Å². The van der Waals surface area contributed by atoms with Crippen LogP contribution in [0.1, 0.15) is 15.2 Å². The third kappa shape index (κ3) is 3.06. The van der Waals surface area contributed by atoms with Gasteiger partial charge in [0, 0.05) is 37.1 Å². The summed E-state index contributed by atoms with van der Waals surface area (Å²) in [6.07, 6.45) is 1.59. The lowest BCUT2D eigenvalue weighted by atomic mass is 10.2. The number of benzene rings is 1. The molecule has 0 aliphatic carbocycles. The number of piperazine rings is 1. The van der Waals surface area contributed by atoms with E-state index in [2.05, 4.69) is 16.0 Å². The summed E-state index contributed by atoms with van der Waals surface area (Å²) < 4.78 is 1.14. The van der Waals surface area contributed by atoms with Crippen LogP contribution >= 0.6 is 11.3 Å². The van der Waals surface area contributed by atoms with Gasteiger partial charge < -0.3 is 9.80 Å². The topological polar surface area (TPSA) is 60.2 Å². The van der Waals surface area contributed by atoms with Crippen LogP contribution in [0.5, 0.6) is 0 Å². The van der Waals surface area contributed by atoms with E-state index in [1.165, 1.54) is 0 Å². The van der Waals surface area contributed by atoms with Crippen molar-refractivity contribution >= 4 is 33.1 Å². The fourth-order valence-corrected chi connectivity index (χ4v) is 4.05. The first kappa shape index (κ1) is 15.6. The quantitative estimate of drug-likeness (QED) is 0.714. The van der Waals surface area contributed by atoms with Gasteiger partial charge in [0.2, 0.25) is 0 Å². The second-order valence-corrected chi connectivity index (χ2v) is 7.03. The monoisotopic (exact) mass is 348 g/mol. The van der Waals surface area contributed by atoms with Crippen molar-refractivity contribution in [3.05, 3.63) is 59.1 Å². The Morgan fingerprint density at radius 1 is 1.12 bits per heavy atom. The smallest absolute Gasteiger partial charge is 0.264 e. The van der Waals surface area contributed by atoms with E-state index >= 15 is 0 Å². The zero-order valence-corrected chi connectivity index (χ0v) is 14.4. The molecule has 3 heterocycles. The third-order valence-electron chi connectivity index (χ3n) is 4.40. The number of carbonyl (C=O) groups is 1. The minimum Gasteiger partial charge on any atom is -0.353 e. The molecule has 0 spiro atoms. The van der Waals surface area contributed by atoms with Gasteiger partial charge in [0.05, 0.1) is 10.4 Å². The van der Waals surface area contributed by atoms with Gasteiger partial charge >= 0.3 is 0 Å². The van der Waals surface area contributed by atoms with Crippen molar-refractivity contribution < 1.29 is 4.79 Å². The Morgan fingerprint density at radius 3 is 2.60 bits per heavy atom. The average Bonchev–Trinajstić information content (AvgIpc) is 3.12. The highest BCUT2D eigenvalue weighted by Gasteiger charge is 2.24. The molecule has 1 amide bonds. The number of carbonyl (C=O) groups excluding carboxylic acids is 1. The number of nitrogens with zero attached hydrogens (tertiary/aromatic N) is 4. The van der Waals surface area contributed by atoms with Crippen molar-refractivity contribution in [2.75, 3.05) is 31.1 Å². The van der Waals surface area contributed by atoms with Crippen molar-refractivity contribution in [1.29, 1.82) is 5.26 Å². The first-order valence-corrected chi connectivity index (χ1v) is 8.95. The third-order valence-corrected chi connectivity index (χ3v) is 5.51. The number of thiophene rings is 1. The molecule has 0 unspecified atom stereocenters. The lowest BCUT2D eigenvalue weighted by molar-refractivity contribution is 0.0751. The van der Waals surface area contributed by atoms with Gasteiger partial charge in [-0.2, -0.15) is 5.26 Å². The largest absolute Gasteiger partial charge is 0.353 e. The molecule has 0 saturated carbocycles. The van der Waals surface area contributed by atoms with Crippen LogP contribution in [-0.4, -0.2) is 42.0 Å². The van der Waals surface area contributed by atoms with E-state index in [-0.39, 0.29) is 5.91 Å². The Morgan fingerprint density at radius 2 is 1.92 bits per heavy atom. The Bertz CT molecular complexity index is 916. The SMILES string of the molecule is N#Cc1ccc(N2CCN(C(=O)c3cc4ccccc4s3)CC2)nc1. The molecule has 1 aliphatic heterocycles. The fourth-order valence-electron chi connectivity index (χ4n) is 3.02. The van der Waals surface area contributed by atoms with E-state index in [0.29, 0.717) is 18.7 Å². The second kappa shape index (κ2) is 6.54. The second-order valence-electron chi connectivity index (χ2n) is 5.94. The number of aromatic nitrogens is 1. The lowest BCUT2D eigenvalue weighted by Gasteiger charge is -2.35. The van der Waals surface area contributed by atoms with Crippen LogP contribution in [0.25, 0.3) is 10.1 Å². The van der Waals surface area contributed by atoms with Crippen LogP contribution in [0.4, 0.5) is 5.82 Å². The summed E-state index contributed by atoms with van der Waals surface area (Å²) >= 11 is 1.55. The predicted molar refractivity (Wildman–Crippen MR) is 98.9 cm³/mol. The molecule has 5 nitrogen and oxygen atoms in total. The van der Waals surface area contributed by atoms with Crippen LogP contribution in [0.2, 0.25) is 0 Å². The normalized spacial score (nSPS) is 14.5. The van der Waals surface area contributed by atoms with Gasteiger partial charge in [-0.1, -0.05) is 18.2 Å². The molecule has 0 N–H and O–H groups in total. The lowest BCUT2D eigenvalue weighted by Crippen LogP contribution is -2.48. The highest BCUT2D eigenvalue weighted by molar-refractivity contribution is 7.20. The zero-order chi connectivity index (χ0) is 17.2. The van der Waals surface area contributed by atoms with Gasteiger partial charge in [0.25, 0.3) is 5.91 Å². The summed E-state index contributed by atoms with van der Waals surface area (Å²) in [7, 11) is 0. The molecule has 1 fully saturated rings. The van der Waals surface area contributed by atoms with Crippen LogP contribution < -0.4 is 4.90 Å². The summed E-state index contributed by atoms with van der Waals surface area (Å²) in [4.78, 5) is 21.9.